The molecule has 1 aromatic carbocycles. The molecule has 2 rings (SSSR count). The lowest BCUT2D eigenvalue weighted by atomic mass is 10.2. The van der Waals surface area contributed by atoms with Crippen LogP contribution in [0.15, 0.2) is 18.2 Å². The molecule has 1 heterocycles. The van der Waals surface area contributed by atoms with Gasteiger partial charge in [0.25, 0.3) is 5.91 Å². The summed E-state index contributed by atoms with van der Waals surface area (Å²) in [6, 6.07) is 5.86. The fourth-order valence-electron chi connectivity index (χ4n) is 2.68. The topological polar surface area (TPSA) is 41.6 Å². The second kappa shape index (κ2) is 7.66. The summed E-state index contributed by atoms with van der Waals surface area (Å²) in [5.41, 5.74) is 0.944. The van der Waals surface area contributed by atoms with E-state index in [2.05, 4.69) is 17.1 Å². The highest BCUT2D eigenvalue weighted by molar-refractivity contribution is 6.31. The van der Waals surface area contributed by atoms with Crippen LogP contribution in [0.1, 0.15) is 25.3 Å². The maximum atomic E-state index is 11.8. The lowest BCUT2D eigenvalue weighted by Crippen LogP contribution is -2.41. The van der Waals surface area contributed by atoms with Crippen LogP contribution < -0.4 is 10.1 Å². The van der Waals surface area contributed by atoms with E-state index >= 15 is 0 Å². The van der Waals surface area contributed by atoms with Crippen molar-refractivity contribution in [3.8, 4) is 5.75 Å². The highest BCUT2D eigenvalue weighted by Crippen LogP contribution is 2.21. The van der Waals surface area contributed by atoms with E-state index in [0.717, 1.165) is 25.1 Å². The molecule has 4 nitrogen and oxygen atoms in total. The molecule has 1 aromatic rings. The molecule has 5 heteroatoms. The minimum atomic E-state index is -0.0782. The fraction of sp³-hybridized carbons (Fsp3) is 0.562. The number of hydrogen-bond donors (Lipinski definition) is 1. The molecule has 1 saturated heterocycles. The molecule has 21 heavy (non-hydrogen) atoms. The number of aryl methyl sites for hydroxylation is 1. The average molecular weight is 311 g/mol. The minimum Gasteiger partial charge on any atom is -0.484 e. The number of likely N-dealkylation sites (N-methyl/N-ethyl adjacent to an activating group) is 1. The molecule has 0 unspecified atom stereocenters. The van der Waals surface area contributed by atoms with Gasteiger partial charge in [-0.1, -0.05) is 18.5 Å². The quantitative estimate of drug-likeness (QED) is 0.878. The lowest BCUT2D eigenvalue weighted by Gasteiger charge is -2.22. The van der Waals surface area contributed by atoms with E-state index < -0.39 is 0 Å². The van der Waals surface area contributed by atoms with Gasteiger partial charge in [-0.25, -0.2) is 0 Å². The molecule has 116 valence electrons. The van der Waals surface area contributed by atoms with Crippen molar-refractivity contribution < 1.29 is 9.53 Å². The van der Waals surface area contributed by atoms with Gasteiger partial charge in [0.15, 0.2) is 6.61 Å². The van der Waals surface area contributed by atoms with Gasteiger partial charge in [0.05, 0.1) is 0 Å². The summed E-state index contributed by atoms with van der Waals surface area (Å²) in [6.07, 6.45) is 2.38. The van der Waals surface area contributed by atoms with Gasteiger partial charge in [-0.2, -0.15) is 0 Å². The third-order valence-electron chi connectivity index (χ3n) is 3.94. The van der Waals surface area contributed by atoms with Crippen molar-refractivity contribution in [3.05, 3.63) is 28.8 Å². The number of hydrogen-bond acceptors (Lipinski definition) is 3. The van der Waals surface area contributed by atoms with Crippen molar-refractivity contribution in [2.45, 2.75) is 32.7 Å². The number of halogens is 1. The predicted molar refractivity (Wildman–Crippen MR) is 85.0 cm³/mol. The molecular weight excluding hydrogens is 288 g/mol. The standard InChI is InChI=1S/C16H23ClN2O2/c1-3-19-8-4-5-13(19)10-18-16(20)11-21-14-6-7-15(17)12(2)9-14/h6-7,9,13H,3-5,8,10-11H2,1-2H3,(H,18,20)/t13-/m0/s1. The second-order valence-electron chi connectivity index (χ2n) is 5.43. The molecule has 0 spiro atoms. The van der Waals surface area contributed by atoms with Crippen LogP contribution in [0.5, 0.6) is 5.75 Å². The van der Waals surface area contributed by atoms with Crippen LogP contribution in [0, 0.1) is 6.92 Å². The number of amides is 1. The van der Waals surface area contributed by atoms with E-state index in [9.17, 15) is 4.79 Å². The summed E-state index contributed by atoms with van der Waals surface area (Å²) < 4.78 is 5.49. The van der Waals surface area contributed by atoms with Crippen LogP contribution in [0.2, 0.25) is 5.02 Å². The van der Waals surface area contributed by atoms with Gasteiger partial charge in [0.2, 0.25) is 0 Å². The van der Waals surface area contributed by atoms with Crippen LogP contribution in [-0.2, 0) is 4.79 Å². The first kappa shape index (κ1) is 16.1. The maximum absolute atomic E-state index is 11.8. The number of nitrogens with zero attached hydrogens (tertiary/aromatic N) is 1. The SMILES string of the molecule is CCN1CCC[C@H]1CNC(=O)COc1ccc(Cl)c(C)c1. The fourth-order valence-corrected chi connectivity index (χ4v) is 2.80. The molecule has 1 N–H and O–H groups in total. The van der Waals surface area contributed by atoms with Crippen molar-refractivity contribution in [2.75, 3.05) is 26.2 Å². The second-order valence-corrected chi connectivity index (χ2v) is 5.84. The summed E-state index contributed by atoms with van der Waals surface area (Å²) in [5.74, 6) is 0.591. The normalized spacial score (nSPS) is 18.7. The van der Waals surface area contributed by atoms with Gasteiger partial charge in [-0.3, -0.25) is 9.69 Å². The Hall–Kier alpha value is -1.26. The maximum Gasteiger partial charge on any atom is 0.257 e. The monoisotopic (exact) mass is 310 g/mol. The molecule has 1 atom stereocenters. The van der Waals surface area contributed by atoms with Gasteiger partial charge in [-0.15, -0.1) is 0 Å². The van der Waals surface area contributed by atoms with Crippen LogP contribution in [0.3, 0.4) is 0 Å². The number of carbonyl (C=O) groups excluding carboxylic acids is 1. The molecule has 1 aliphatic heterocycles. The van der Waals surface area contributed by atoms with Crippen LogP contribution in [0.4, 0.5) is 0 Å². The Labute approximate surface area is 131 Å². The Balaban J connectivity index is 1.73. The number of nitrogens with one attached hydrogen (secondary N) is 1. The summed E-state index contributed by atoms with van der Waals surface area (Å²) in [6.45, 7) is 7.00. The molecule has 0 radical (unpaired) electrons. The van der Waals surface area contributed by atoms with Crippen molar-refractivity contribution >= 4 is 17.5 Å². The molecule has 0 aromatic heterocycles. The summed E-state index contributed by atoms with van der Waals surface area (Å²) in [5, 5.41) is 3.66. The number of benzene rings is 1. The third kappa shape index (κ3) is 4.61. The van der Waals surface area contributed by atoms with Crippen LogP contribution >= 0.6 is 11.6 Å². The molecule has 0 aliphatic carbocycles. The van der Waals surface area contributed by atoms with E-state index in [4.69, 9.17) is 16.3 Å². The first-order valence-electron chi connectivity index (χ1n) is 7.50. The molecular formula is C16H23ClN2O2. The molecule has 1 fully saturated rings. The summed E-state index contributed by atoms with van der Waals surface area (Å²) in [4.78, 5) is 14.2. The first-order chi connectivity index (χ1) is 10.1. The van der Waals surface area contributed by atoms with Crippen LogP contribution in [0.25, 0.3) is 0 Å². The Morgan fingerprint density at radius 1 is 1.52 bits per heavy atom. The molecule has 0 bridgehead atoms. The van der Waals surface area contributed by atoms with E-state index in [0.29, 0.717) is 23.4 Å². The van der Waals surface area contributed by atoms with Gasteiger partial charge < -0.3 is 10.1 Å². The average Bonchev–Trinajstić information content (AvgIpc) is 2.94. The van der Waals surface area contributed by atoms with Crippen LogP contribution in [-0.4, -0.2) is 43.1 Å². The predicted octanol–water partition coefficient (Wildman–Crippen LogP) is 2.63. The van der Waals surface area contributed by atoms with Gasteiger partial charge >= 0.3 is 0 Å². The number of likely N-dealkylation sites (tertiary alicyclic amines) is 1. The van der Waals surface area contributed by atoms with Crippen molar-refractivity contribution in [1.82, 2.24) is 10.2 Å². The van der Waals surface area contributed by atoms with Gasteiger partial charge in [0, 0.05) is 17.6 Å². The van der Waals surface area contributed by atoms with Crippen molar-refractivity contribution in [3.63, 3.8) is 0 Å². The zero-order valence-corrected chi connectivity index (χ0v) is 13.4. The zero-order chi connectivity index (χ0) is 15.2. The van der Waals surface area contributed by atoms with Gasteiger partial charge in [-0.05, 0) is 56.6 Å². The minimum absolute atomic E-state index is 0.0416. The lowest BCUT2D eigenvalue weighted by molar-refractivity contribution is -0.123. The highest BCUT2D eigenvalue weighted by Gasteiger charge is 2.23. The largest absolute Gasteiger partial charge is 0.484 e. The van der Waals surface area contributed by atoms with Crippen molar-refractivity contribution in [2.24, 2.45) is 0 Å². The van der Waals surface area contributed by atoms with E-state index in [1.807, 2.05) is 13.0 Å². The Kier molecular flexibility index (Phi) is 5.88. The molecule has 1 amide bonds. The smallest absolute Gasteiger partial charge is 0.257 e. The molecule has 0 saturated carbocycles. The Morgan fingerprint density at radius 3 is 3.05 bits per heavy atom. The zero-order valence-electron chi connectivity index (χ0n) is 12.7. The third-order valence-corrected chi connectivity index (χ3v) is 4.36. The number of carbonyl (C=O) groups is 1. The van der Waals surface area contributed by atoms with E-state index in [1.54, 1.807) is 12.1 Å². The van der Waals surface area contributed by atoms with Crippen molar-refractivity contribution in [1.29, 1.82) is 0 Å². The van der Waals surface area contributed by atoms with E-state index in [1.165, 1.54) is 6.42 Å². The molecule has 1 aliphatic rings. The first-order valence-corrected chi connectivity index (χ1v) is 7.87. The Bertz CT molecular complexity index is 493. The van der Waals surface area contributed by atoms with E-state index in [-0.39, 0.29) is 12.5 Å². The number of rotatable bonds is 6. The number of ether oxygens (including phenoxy) is 1. The Morgan fingerprint density at radius 2 is 2.33 bits per heavy atom. The van der Waals surface area contributed by atoms with Gasteiger partial charge in [0.1, 0.15) is 5.75 Å². The summed E-state index contributed by atoms with van der Waals surface area (Å²) in [7, 11) is 0. The summed E-state index contributed by atoms with van der Waals surface area (Å²) >= 11 is 5.95. The highest BCUT2D eigenvalue weighted by atomic mass is 35.5.